The van der Waals surface area contributed by atoms with Gasteiger partial charge in [-0.2, -0.15) is 0 Å². The van der Waals surface area contributed by atoms with Crippen molar-refractivity contribution in [1.29, 1.82) is 0 Å². The molecular weight excluding hydrogens is 503 g/mol. The number of carbonyl (C=O) groups is 2. The van der Waals surface area contributed by atoms with Crippen molar-refractivity contribution in [2.75, 3.05) is 24.7 Å². The van der Waals surface area contributed by atoms with E-state index in [1.165, 1.54) is 6.07 Å². The van der Waals surface area contributed by atoms with E-state index in [1.807, 2.05) is 68.4 Å². The summed E-state index contributed by atoms with van der Waals surface area (Å²) in [6.07, 6.45) is 3.09. The van der Waals surface area contributed by atoms with Crippen molar-refractivity contribution in [3.63, 3.8) is 0 Å². The minimum Gasteiger partial charge on any atom is -0.339 e. The SMILES string of the molecule is CC(C)(Cc1ccccc1)C(=O)Nc1ccc(C2CCN(C(=O)c3ccc(S(C)(=O)=O)c(F)c3)CC2)cc1. The van der Waals surface area contributed by atoms with E-state index in [0.29, 0.717) is 19.5 Å². The van der Waals surface area contributed by atoms with E-state index in [-0.39, 0.29) is 23.3 Å². The van der Waals surface area contributed by atoms with E-state index in [4.69, 9.17) is 0 Å². The van der Waals surface area contributed by atoms with Gasteiger partial charge in [-0.05, 0) is 66.6 Å². The summed E-state index contributed by atoms with van der Waals surface area (Å²) < 4.78 is 37.5. The number of halogens is 1. The van der Waals surface area contributed by atoms with Crippen molar-refractivity contribution in [3.8, 4) is 0 Å². The van der Waals surface area contributed by atoms with Crippen molar-refractivity contribution in [2.24, 2.45) is 5.41 Å². The van der Waals surface area contributed by atoms with Crippen LogP contribution in [0.25, 0.3) is 0 Å². The number of sulfone groups is 1. The Hall–Kier alpha value is -3.52. The highest BCUT2D eigenvalue weighted by molar-refractivity contribution is 7.90. The maximum atomic E-state index is 14.3. The molecule has 1 aliphatic heterocycles. The van der Waals surface area contributed by atoms with Crippen molar-refractivity contribution in [2.45, 2.75) is 43.9 Å². The maximum absolute atomic E-state index is 14.3. The summed E-state index contributed by atoms with van der Waals surface area (Å²) in [6, 6.07) is 21.3. The molecule has 0 radical (unpaired) electrons. The zero-order valence-corrected chi connectivity index (χ0v) is 22.7. The van der Waals surface area contributed by atoms with Crippen LogP contribution >= 0.6 is 0 Å². The van der Waals surface area contributed by atoms with Crippen LogP contribution in [0.2, 0.25) is 0 Å². The van der Waals surface area contributed by atoms with Gasteiger partial charge in [0.15, 0.2) is 9.84 Å². The predicted octanol–water partition coefficient (Wildman–Crippen LogP) is 5.46. The summed E-state index contributed by atoms with van der Waals surface area (Å²) in [5.74, 6) is -0.993. The largest absolute Gasteiger partial charge is 0.339 e. The number of nitrogens with zero attached hydrogens (tertiary/aromatic N) is 1. The molecule has 0 aromatic heterocycles. The lowest BCUT2D eigenvalue weighted by Crippen LogP contribution is -2.38. The number of carbonyl (C=O) groups excluding carboxylic acids is 2. The number of anilines is 1. The second kappa shape index (κ2) is 11.1. The lowest BCUT2D eigenvalue weighted by atomic mass is 9.84. The number of hydrogen-bond acceptors (Lipinski definition) is 4. The summed E-state index contributed by atoms with van der Waals surface area (Å²) in [4.78, 5) is 27.1. The number of amides is 2. The molecule has 1 saturated heterocycles. The summed E-state index contributed by atoms with van der Waals surface area (Å²) in [7, 11) is -3.69. The van der Waals surface area contributed by atoms with Gasteiger partial charge < -0.3 is 10.2 Å². The normalized spacial score (nSPS) is 14.8. The molecule has 4 rings (SSSR count). The van der Waals surface area contributed by atoms with Crippen molar-refractivity contribution < 1.29 is 22.4 Å². The highest BCUT2D eigenvalue weighted by Crippen LogP contribution is 2.30. The topological polar surface area (TPSA) is 83.6 Å². The average Bonchev–Trinajstić information content (AvgIpc) is 2.88. The van der Waals surface area contributed by atoms with E-state index >= 15 is 0 Å². The molecule has 1 heterocycles. The summed E-state index contributed by atoms with van der Waals surface area (Å²) in [5.41, 5.74) is 2.58. The molecule has 6 nitrogen and oxygen atoms in total. The summed E-state index contributed by atoms with van der Waals surface area (Å²) in [6.45, 7) is 4.91. The van der Waals surface area contributed by atoms with E-state index in [1.54, 1.807) is 4.90 Å². The monoisotopic (exact) mass is 536 g/mol. The molecule has 38 heavy (non-hydrogen) atoms. The molecule has 3 aromatic rings. The van der Waals surface area contributed by atoms with Gasteiger partial charge in [0.25, 0.3) is 5.91 Å². The van der Waals surface area contributed by atoms with Crippen molar-refractivity contribution in [1.82, 2.24) is 4.90 Å². The molecule has 1 N–H and O–H groups in total. The first-order valence-electron chi connectivity index (χ1n) is 12.7. The fourth-order valence-electron chi connectivity index (χ4n) is 4.86. The molecule has 2 amide bonds. The molecule has 0 aliphatic carbocycles. The summed E-state index contributed by atoms with van der Waals surface area (Å²) >= 11 is 0. The van der Waals surface area contributed by atoms with Gasteiger partial charge in [0.1, 0.15) is 10.7 Å². The van der Waals surface area contributed by atoms with Crippen LogP contribution < -0.4 is 5.32 Å². The highest BCUT2D eigenvalue weighted by Gasteiger charge is 2.29. The second-order valence-electron chi connectivity index (χ2n) is 10.6. The number of rotatable bonds is 7. The summed E-state index contributed by atoms with van der Waals surface area (Å²) in [5, 5.41) is 3.03. The number of benzene rings is 3. The molecule has 1 aliphatic rings. The minimum atomic E-state index is -3.69. The van der Waals surface area contributed by atoms with Gasteiger partial charge in [-0.1, -0.05) is 56.3 Å². The lowest BCUT2D eigenvalue weighted by Gasteiger charge is -2.32. The Morgan fingerprint density at radius 2 is 1.61 bits per heavy atom. The van der Waals surface area contributed by atoms with Crippen LogP contribution in [0.1, 0.15) is 54.1 Å². The first-order valence-corrected chi connectivity index (χ1v) is 14.6. The first kappa shape index (κ1) is 27.5. The van der Waals surface area contributed by atoms with E-state index in [9.17, 15) is 22.4 Å². The molecule has 8 heteroatoms. The fourth-order valence-corrected chi connectivity index (χ4v) is 5.59. The molecule has 0 saturated carbocycles. The molecular formula is C30H33FN2O4S. The highest BCUT2D eigenvalue weighted by atomic mass is 32.2. The molecule has 0 atom stereocenters. The lowest BCUT2D eigenvalue weighted by molar-refractivity contribution is -0.123. The van der Waals surface area contributed by atoms with Crippen LogP contribution in [0, 0.1) is 11.2 Å². The van der Waals surface area contributed by atoms with Crippen LogP contribution in [0.4, 0.5) is 10.1 Å². The fraction of sp³-hybridized carbons (Fsp3) is 0.333. The van der Waals surface area contributed by atoms with Crippen LogP contribution in [0.3, 0.4) is 0 Å². The van der Waals surface area contributed by atoms with Crippen LogP contribution in [0.5, 0.6) is 0 Å². The third-order valence-corrected chi connectivity index (χ3v) is 8.23. The van der Waals surface area contributed by atoms with Gasteiger partial charge in [-0.3, -0.25) is 9.59 Å². The minimum absolute atomic E-state index is 0.0399. The number of likely N-dealkylation sites (tertiary alicyclic amines) is 1. The maximum Gasteiger partial charge on any atom is 0.253 e. The van der Waals surface area contributed by atoms with Gasteiger partial charge >= 0.3 is 0 Å². The average molecular weight is 537 g/mol. The Morgan fingerprint density at radius 1 is 0.974 bits per heavy atom. The number of hydrogen-bond donors (Lipinski definition) is 1. The number of piperidine rings is 1. The van der Waals surface area contributed by atoms with Gasteiger partial charge in [-0.25, -0.2) is 12.8 Å². The Morgan fingerprint density at radius 3 is 2.18 bits per heavy atom. The van der Waals surface area contributed by atoms with E-state index in [0.717, 1.165) is 48.0 Å². The Labute approximate surface area is 223 Å². The third-order valence-electron chi connectivity index (χ3n) is 7.10. The predicted molar refractivity (Wildman–Crippen MR) is 146 cm³/mol. The zero-order chi connectivity index (χ0) is 27.5. The first-order chi connectivity index (χ1) is 17.9. The van der Waals surface area contributed by atoms with Crippen LogP contribution in [-0.2, 0) is 21.1 Å². The van der Waals surface area contributed by atoms with Gasteiger partial charge in [-0.15, -0.1) is 0 Å². The molecule has 200 valence electrons. The van der Waals surface area contributed by atoms with E-state index in [2.05, 4.69) is 5.32 Å². The molecule has 0 bridgehead atoms. The van der Waals surface area contributed by atoms with Crippen molar-refractivity contribution >= 4 is 27.3 Å². The van der Waals surface area contributed by atoms with Gasteiger partial charge in [0.2, 0.25) is 5.91 Å². The Bertz CT molecular complexity index is 1410. The third kappa shape index (κ3) is 6.48. The van der Waals surface area contributed by atoms with Gasteiger partial charge in [0, 0.05) is 36.0 Å². The smallest absolute Gasteiger partial charge is 0.253 e. The second-order valence-corrected chi connectivity index (χ2v) is 12.6. The molecule has 0 unspecified atom stereocenters. The van der Waals surface area contributed by atoms with Crippen LogP contribution in [0.15, 0.2) is 77.7 Å². The Balaban J connectivity index is 1.32. The molecule has 1 fully saturated rings. The molecule has 3 aromatic carbocycles. The van der Waals surface area contributed by atoms with E-state index < -0.39 is 26.0 Å². The Kier molecular flexibility index (Phi) is 8.02. The molecule has 0 spiro atoms. The van der Waals surface area contributed by atoms with Gasteiger partial charge in [0.05, 0.1) is 0 Å². The number of nitrogens with one attached hydrogen (secondary N) is 1. The van der Waals surface area contributed by atoms with Crippen LogP contribution in [-0.4, -0.2) is 44.5 Å². The van der Waals surface area contributed by atoms with Crippen molar-refractivity contribution in [3.05, 3.63) is 95.3 Å². The quantitative estimate of drug-likeness (QED) is 0.435. The zero-order valence-electron chi connectivity index (χ0n) is 21.9. The standard InChI is InChI=1S/C30H33FN2O4S/c1-30(2,20-21-7-5-4-6-8-21)29(35)32-25-12-9-22(10-13-25)23-15-17-33(18-16-23)28(34)24-11-14-27(26(31)19-24)38(3,36)37/h4-14,19,23H,15-18,20H2,1-3H3,(H,32,35).